The number of hydrogen-bond donors (Lipinski definition) is 6. The topological polar surface area (TPSA) is 149 Å². The van der Waals surface area contributed by atoms with Crippen molar-refractivity contribution in [3.63, 3.8) is 0 Å². The number of aliphatic hydroxyl groups excluding tert-OH is 5. The fraction of sp³-hybridized carbons (Fsp3) is 0.783. The number of rotatable bonds is 48. The van der Waals surface area contributed by atoms with Crippen molar-refractivity contribution in [3.8, 4) is 0 Å². The lowest BCUT2D eigenvalue weighted by molar-refractivity contribution is -0.302. The van der Waals surface area contributed by atoms with Gasteiger partial charge in [0.2, 0.25) is 5.91 Å². The van der Waals surface area contributed by atoms with Crippen molar-refractivity contribution in [2.24, 2.45) is 0 Å². The number of carbonyl (C=O) groups excluding carboxylic acids is 1. The quantitative estimate of drug-likeness (QED) is 0.0261. The van der Waals surface area contributed by atoms with Crippen molar-refractivity contribution < 1.29 is 39.8 Å². The molecule has 1 saturated heterocycles. The van der Waals surface area contributed by atoms with Gasteiger partial charge < -0.3 is 40.3 Å². The summed E-state index contributed by atoms with van der Waals surface area (Å²) in [4.78, 5) is 13.1. The Morgan fingerprint density at radius 3 is 1.32 bits per heavy atom. The lowest BCUT2D eigenvalue weighted by Gasteiger charge is -2.40. The van der Waals surface area contributed by atoms with Crippen molar-refractivity contribution in [3.05, 3.63) is 72.9 Å². The standard InChI is InChI=1S/C60H107NO8/c1-3-5-7-9-11-13-15-17-19-21-23-25-26-27-28-30-32-34-36-38-40-42-44-46-48-50-56(64)61-53(52-68-60-59(67)58(66)57(65)55(51-62)69-60)54(63)49-47-45-43-41-39-37-35-33-31-29-24-22-20-18-16-14-12-10-8-6-4-2/h15,17,21,23,26-27,31,33,39,41,47,49,53-55,57-60,62-63,65-67H,3-14,16,18-20,22,24-25,28-30,32,34-38,40,42-46,48,50-52H2,1-2H3,(H,61,64)/b17-15-,23-21-,27-26-,33-31+,41-39+,49-47+. The summed E-state index contributed by atoms with van der Waals surface area (Å²) in [5.41, 5.74) is 0. The van der Waals surface area contributed by atoms with Crippen LogP contribution in [0, 0.1) is 0 Å². The molecule has 7 unspecified atom stereocenters. The van der Waals surface area contributed by atoms with Crippen LogP contribution in [0.2, 0.25) is 0 Å². The average molecular weight is 971 g/mol. The van der Waals surface area contributed by atoms with Gasteiger partial charge in [-0.25, -0.2) is 0 Å². The van der Waals surface area contributed by atoms with Crippen LogP contribution in [-0.4, -0.2) is 87.5 Å². The maximum absolute atomic E-state index is 13.1. The van der Waals surface area contributed by atoms with E-state index in [1.165, 1.54) is 154 Å². The third-order valence-corrected chi connectivity index (χ3v) is 13.2. The minimum atomic E-state index is -1.58. The van der Waals surface area contributed by atoms with E-state index in [1.54, 1.807) is 6.08 Å². The van der Waals surface area contributed by atoms with Crippen molar-refractivity contribution in [2.45, 2.75) is 288 Å². The molecule has 6 N–H and O–H groups in total. The molecule has 0 aromatic carbocycles. The SMILES string of the molecule is CCCCCCC/C=C\C/C=C\C/C=C\CCCCCCCCCCCCC(=O)NC(COC1OC(CO)C(O)C(O)C1O)C(O)/C=C/CC/C=C/CC/C=C/CCCCCCCCCCCCC. The Morgan fingerprint density at radius 2 is 0.870 bits per heavy atom. The molecule has 0 saturated carbocycles. The number of nitrogens with one attached hydrogen (secondary N) is 1. The number of hydrogen-bond acceptors (Lipinski definition) is 8. The van der Waals surface area contributed by atoms with Gasteiger partial charge in [-0.3, -0.25) is 4.79 Å². The second-order valence-corrected chi connectivity index (χ2v) is 19.7. The third-order valence-electron chi connectivity index (χ3n) is 13.2. The maximum atomic E-state index is 13.1. The van der Waals surface area contributed by atoms with Crippen LogP contribution >= 0.6 is 0 Å². The predicted molar refractivity (Wildman–Crippen MR) is 290 cm³/mol. The van der Waals surface area contributed by atoms with Gasteiger partial charge in [0, 0.05) is 6.42 Å². The summed E-state index contributed by atoms with van der Waals surface area (Å²) >= 11 is 0. The molecule has 9 nitrogen and oxygen atoms in total. The third kappa shape index (κ3) is 38.9. The fourth-order valence-electron chi connectivity index (χ4n) is 8.67. The lowest BCUT2D eigenvalue weighted by Crippen LogP contribution is -2.60. The molecule has 1 fully saturated rings. The van der Waals surface area contributed by atoms with Crippen LogP contribution in [0.5, 0.6) is 0 Å². The molecule has 69 heavy (non-hydrogen) atoms. The zero-order valence-corrected chi connectivity index (χ0v) is 44.3. The van der Waals surface area contributed by atoms with Crippen LogP contribution in [0.15, 0.2) is 72.9 Å². The average Bonchev–Trinajstić information content (AvgIpc) is 3.35. The molecule has 0 aliphatic carbocycles. The van der Waals surface area contributed by atoms with E-state index in [1.807, 2.05) is 6.08 Å². The van der Waals surface area contributed by atoms with Gasteiger partial charge in [0.15, 0.2) is 6.29 Å². The molecule has 0 bridgehead atoms. The smallest absolute Gasteiger partial charge is 0.220 e. The Hall–Kier alpha value is -2.37. The minimum absolute atomic E-state index is 0.196. The molecule has 0 radical (unpaired) electrons. The molecule has 1 amide bonds. The summed E-state index contributed by atoms with van der Waals surface area (Å²) in [5, 5.41) is 54.5. The van der Waals surface area contributed by atoms with Gasteiger partial charge in [-0.1, -0.05) is 228 Å². The Labute approximate surface area is 423 Å². The van der Waals surface area contributed by atoms with E-state index in [4.69, 9.17) is 9.47 Å². The van der Waals surface area contributed by atoms with Crippen molar-refractivity contribution in [2.75, 3.05) is 13.2 Å². The summed E-state index contributed by atoms with van der Waals surface area (Å²) in [7, 11) is 0. The van der Waals surface area contributed by atoms with Gasteiger partial charge in [-0.15, -0.1) is 0 Å². The van der Waals surface area contributed by atoms with Crippen LogP contribution in [-0.2, 0) is 14.3 Å². The first kappa shape index (κ1) is 64.6. The van der Waals surface area contributed by atoms with Crippen LogP contribution in [0.3, 0.4) is 0 Å². The minimum Gasteiger partial charge on any atom is -0.394 e. The van der Waals surface area contributed by atoms with E-state index in [9.17, 15) is 30.3 Å². The first-order chi connectivity index (χ1) is 33.8. The Bertz CT molecular complexity index is 1310. The maximum Gasteiger partial charge on any atom is 0.220 e. The Balaban J connectivity index is 2.28. The van der Waals surface area contributed by atoms with Crippen LogP contribution < -0.4 is 5.32 Å². The summed E-state index contributed by atoms with van der Waals surface area (Å²) in [5.74, 6) is -0.196. The first-order valence-electron chi connectivity index (χ1n) is 28.7. The van der Waals surface area contributed by atoms with Gasteiger partial charge in [-0.2, -0.15) is 0 Å². The number of carbonyl (C=O) groups is 1. The molecule has 7 atom stereocenters. The van der Waals surface area contributed by atoms with Crippen molar-refractivity contribution >= 4 is 5.91 Å². The Morgan fingerprint density at radius 1 is 0.493 bits per heavy atom. The van der Waals surface area contributed by atoms with Crippen LogP contribution in [0.25, 0.3) is 0 Å². The number of allylic oxidation sites excluding steroid dienone is 11. The van der Waals surface area contributed by atoms with Gasteiger partial charge in [0.25, 0.3) is 0 Å². The highest BCUT2D eigenvalue weighted by atomic mass is 16.7. The van der Waals surface area contributed by atoms with Gasteiger partial charge in [0.05, 0.1) is 25.4 Å². The second-order valence-electron chi connectivity index (χ2n) is 19.7. The van der Waals surface area contributed by atoms with Crippen LogP contribution in [0.4, 0.5) is 0 Å². The highest BCUT2D eigenvalue weighted by Crippen LogP contribution is 2.23. The highest BCUT2D eigenvalue weighted by molar-refractivity contribution is 5.76. The molecule has 0 spiro atoms. The van der Waals surface area contributed by atoms with Crippen molar-refractivity contribution in [1.82, 2.24) is 5.32 Å². The van der Waals surface area contributed by atoms with Gasteiger partial charge in [0.1, 0.15) is 24.4 Å². The predicted octanol–water partition coefficient (Wildman–Crippen LogP) is 14.1. The van der Waals surface area contributed by atoms with E-state index in [2.05, 4.69) is 79.9 Å². The van der Waals surface area contributed by atoms with Gasteiger partial charge >= 0.3 is 0 Å². The molecule has 0 aromatic heterocycles. The lowest BCUT2D eigenvalue weighted by atomic mass is 9.99. The Kier molecular flexibility index (Phi) is 46.1. The molecular weight excluding hydrogens is 863 g/mol. The van der Waals surface area contributed by atoms with E-state index < -0.39 is 49.5 Å². The number of unbranched alkanes of at least 4 members (excludes halogenated alkanes) is 28. The van der Waals surface area contributed by atoms with E-state index >= 15 is 0 Å². The van der Waals surface area contributed by atoms with Gasteiger partial charge in [-0.05, 0) is 83.5 Å². The summed E-state index contributed by atoms with van der Waals surface area (Å²) in [6, 6.07) is -0.834. The van der Waals surface area contributed by atoms with E-state index in [-0.39, 0.29) is 12.5 Å². The molecule has 1 heterocycles. The van der Waals surface area contributed by atoms with Crippen molar-refractivity contribution in [1.29, 1.82) is 0 Å². The number of aliphatic hydroxyl groups is 5. The number of ether oxygens (including phenoxy) is 2. The number of amides is 1. The molecule has 0 aromatic rings. The monoisotopic (exact) mass is 970 g/mol. The normalized spacial score (nSPS) is 20.0. The fourth-order valence-corrected chi connectivity index (χ4v) is 8.67. The molecule has 400 valence electrons. The zero-order valence-electron chi connectivity index (χ0n) is 44.3. The zero-order chi connectivity index (χ0) is 50.1. The summed E-state index contributed by atoms with van der Waals surface area (Å²) in [6.07, 6.45) is 61.0. The molecular formula is C60H107NO8. The summed E-state index contributed by atoms with van der Waals surface area (Å²) in [6.45, 7) is 3.75. The molecule has 1 aliphatic heterocycles. The molecule has 1 aliphatic rings. The largest absolute Gasteiger partial charge is 0.394 e. The first-order valence-corrected chi connectivity index (χ1v) is 28.7. The molecule has 9 heteroatoms. The molecule has 1 rings (SSSR count). The van der Waals surface area contributed by atoms with E-state index in [0.717, 1.165) is 70.6 Å². The highest BCUT2D eigenvalue weighted by Gasteiger charge is 2.44. The second kappa shape index (κ2) is 49.2. The van der Waals surface area contributed by atoms with E-state index in [0.29, 0.717) is 6.42 Å². The summed E-state index contributed by atoms with van der Waals surface area (Å²) < 4.78 is 11.2. The van der Waals surface area contributed by atoms with Crippen LogP contribution in [0.1, 0.15) is 245 Å².